The van der Waals surface area contributed by atoms with Crippen molar-refractivity contribution >= 4 is 0 Å². The highest BCUT2D eigenvalue weighted by atomic mass is 14.8. The molecule has 12 heavy (non-hydrogen) atoms. The maximum Gasteiger partial charge on any atom is -0.00520 e. The summed E-state index contributed by atoms with van der Waals surface area (Å²) in [7, 11) is 1.98. The zero-order valence-corrected chi connectivity index (χ0v) is 9.78. The Labute approximate surface area is 79.3 Å². The zero-order valence-electron chi connectivity index (χ0n) is 9.78. The molecule has 0 unspecified atom stereocenters. The standard InChI is InChI=1S/C5H13N.C4H8.C2H6/c1-3-4-5-6-2;1-3-4-2;1-2/h6H,3-5H2,1-2H3;3-4H,1-2H3;1-2H3/b;4-3-;. The van der Waals surface area contributed by atoms with Crippen LogP contribution in [0.1, 0.15) is 47.5 Å². The summed E-state index contributed by atoms with van der Waals surface area (Å²) in [5, 5.41) is 3.07. The Balaban J connectivity index is -0.000000118. The number of allylic oxidation sites excluding steroid dienone is 2. The molecule has 0 radical (unpaired) electrons. The van der Waals surface area contributed by atoms with Crippen LogP contribution in [-0.4, -0.2) is 13.6 Å². The summed E-state index contributed by atoms with van der Waals surface area (Å²) in [6.45, 7) is 11.4. The average Bonchev–Trinajstić information content (AvgIpc) is 2.18. The zero-order chi connectivity index (χ0) is 10.2. The van der Waals surface area contributed by atoms with E-state index >= 15 is 0 Å². The van der Waals surface area contributed by atoms with E-state index < -0.39 is 0 Å². The number of rotatable bonds is 3. The molecule has 0 atom stereocenters. The fourth-order valence-electron chi connectivity index (χ4n) is 0.354. The van der Waals surface area contributed by atoms with Crippen molar-refractivity contribution in [1.29, 1.82) is 0 Å². The van der Waals surface area contributed by atoms with Crippen molar-refractivity contribution < 1.29 is 0 Å². The molecule has 0 amide bonds. The van der Waals surface area contributed by atoms with Crippen LogP contribution in [0.25, 0.3) is 0 Å². The van der Waals surface area contributed by atoms with Gasteiger partial charge in [-0.05, 0) is 33.9 Å². The molecule has 0 aromatic carbocycles. The van der Waals surface area contributed by atoms with Gasteiger partial charge in [-0.2, -0.15) is 0 Å². The monoisotopic (exact) mass is 173 g/mol. The van der Waals surface area contributed by atoms with E-state index in [1.165, 1.54) is 12.8 Å². The molecule has 1 heteroatoms. The second-order valence-corrected chi connectivity index (χ2v) is 2.12. The molecule has 76 valence electrons. The highest BCUT2D eigenvalue weighted by molar-refractivity contribution is 4.68. The molecule has 0 fully saturated rings. The molecule has 1 nitrogen and oxygen atoms in total. The van der Waals surface area contributed by atoms with Crippen LogP contribution in [0.5, 0.6) is 0 Å². The molecule has 0 aliphatic heterocycles. The lowest BCUT2D eigenvalue weighted by molar-refractivity contribution is 0.711. The van der Waals surface area contributed by atoms with Crippen LogP contribution in [-0.2, 0) is 0 Å². The molecule has 0 spiro atoms. The van der Waals surface area contributed by atoms with E-state index in [2.05, 4.69) is 12.2 Å². The molecule has 1 N–H and O–H groups in total. The van der Waals surface area contributed by atoms with Crippen molar-refractivity contribution in [3.05, 3.63) is 12.2 Å². The van der Waals surface area contributed by atoms with Crippen LogP contribution >= 0.6 is 0 Å². The lowest BCUT2D eigenvalue weighted by Gasteiger charge is -1.89. The number of hydrogen-bond acceptors (Lipinski definition) is 1. The summed E-state index contributed by atoms with van der Waals surface area (Å²) in [4.78, 5) is 0. The van der Waals surface area contributed by atoms with Crippen molar-refractivity contribution in [2.45, 2.75) is 47.5 Å². The van der Waals surface area contributed by atoms with Crippen LogP contribution in [0.3, 0.4) is 0 Å². The van der Waals surface area contributed by atoms with Crippen molar-refractivity contribution in [3.63, 3.8) is 0 Å². The van der Waals surface area contributed by atoms with Gasteiger partial charge in [0.15, 0.2) is 0 Å². The lowest BCUT2D eigenvalue weighted by Crippen LogP contribution is -2.06. The Bertz CT molecular complexity index is 50.0. The van der Waals surface area contributed by atoms with Gasteiger partial charge in [-0.3, -0.25) is 0 Å². The topological polar surface area (TPSA) is 12.0 Å². The molecule has 0 saturated carbocycles. The lowest BCUT2D eigenvalue weighted by atomic mass is 10.3. The molecule has 0 aliphatic rings. The van der Waals surface area contributed by atoms with Gasteiger partial charge in [-0.15, -0.1) is 0 Å². The second-order valence-electron chi connectivity index (χ2n) is 2.12. The largest absolute Gasteiger partial charge is 0.320 e. The van der Waals surface area contributed by atoms with Crippen LogP contribution in [0.15, 0.2) is 12.2 Å². The van der Waals surface area contributed by atoms with E-state index in [1.807, 2.05) is 46.9 Å². The van der Waals surface area contributed by atoms with Crippen molar-refractivity contribution in [1.82, 2.24) is 5.32 Å². The maximum atomic E-state index is 3.07. The van der Waals surface area contributed by atoms with Crippen molar-refractivity contribution in [3.8, 4) is 0 Å². The summed E-state index contributed by atoms with van der Waals surface area (Å²) in [6.07, 6.45) is 6.59. The Hall–Kier alpha value is -0.300. The maximum absolute atomic E-state index is 3.07. The van der Waals surface area contributed by atoms with E-state index in [4.69, 9.17) is 0 Å². The van der Waals surface area contributed by atoms with Gasteiger partial charge in [-0.1, -0.05) is 39.3 Å². The third-order valence-corrected chi connectivity index (χ3v) is 1.11. The first-order chi connectivity index (χ1) is 5.83. The SMILES string of the molecule is C/C=C\C.CC.CCCCNC. The van der Waals surface area contributed by atoms with Gasteiger partial charge in [0.05, 0.1) is 0 Å². The van der Waals surface area contributed by atoms with Crippen LogP contribution < -0.4 is 5.32 Å². The first-order valence-electron chi connectivity index (χ1n) is 5.05. The van der Waals surface area contributed by atoms with Crippen LogP contribution in [0, 0.1) is 0 Å². The number of hydrogen-bond donors (Lipinski definition) is 1. The summed E-state index contributed by atoms with van der Waals surface area (Å²) in [5.74, 6) is 0. The summed E-state index contributed by atoms with van der Waals surface area (Å²) >= 11 is 0. The van der Waals surface area contributed by atoms with E-state index in [9.17, 15) is 0 Å². The summed E-state index contributed by atoms with van der Waals surface area (Å²) < 4.78 is 0. The molecular weight excluding hydrogens is 146 g/mol. The third-order valence-electron chi connectivity index (χ3n) is 1.11. The minimum absolute atomic E-state index is 1.16. The molecule has 0 rings (SSSR count). The van der Waals surface area contributed by atoms with Crippen molar-refractivity contribution in [2.75, 3.05) is 13.6 Å². The molecule has 0 saturated heterocycles. The first-order valence-corrected chi connectivity index (χ1v) is 5.05. The van der Waals surface area contributed by atoms with Crippen LogP contribution in [0.4, 0.5) is 0 Å². The average molecular weight is 173 g/mol. The fourth-order valence-corrected chi connectivity index (χ4v) is 0.354. The number of nitrogens with one attached hydrogen (secondary N) is 1. The normalized spacial score (nSPS) is 8.17. The Morgan fingerprint density at radius 3 is 1.58 bits per heavy atom. The quantitative estimate of drug-likeness (QED) is 0.508. The van der Waals surface area contributed by atoms with Gasteiger partial charge in [0.2, 0.25) is 0 Å². The molecule has 0 bridgehead atoms. The van der Waals surface area contributed by atoms with Gasteiger partial charge >= 0.3 is 0 Å². The highest BCUT2D eigenvalue weighted by Crippen LogP contribution is 1.79. The predicted octanol–water partition coefficient (Wildman–Crippen LogP) is 3.61. The summed E-state index contributed by atoms with van der Waals surface area (Å²) in [5.41, 5.74) is 0. The van der Waals surface area contributed by atoms with Gasteiger partial charge in [-0.25, -0.2) is 0 Å². The molecule has 0 aromatic heterocycles. The van der Waals surface area contributed by atoms with Crippen LogP contribution in [0.2, 0.25) is 0 Å². The van der Waals surface area contributed by atoms with Gasteiger partial charge in [0, 0.05) is 0 Å². The molecule has 0 heterocycles. The Morgan fingerprint density at radius 2 is 1.50 bits per heavy atom. The summed E-state index contributed by atoms with van der Waals surface area (Å²) in [6, 6.07) is 0. The predicted molar refractivity (Wildman–Crippen MR) is 60.7 cm³/mol. The fraction of sp³-hybridized carbons (Fsp3) is 0.818. The Kier molecular flexibility index (Phi) is 45.7. The van der Waals surface area contributed by atoms with E-state index in [0.29, 0.717) is 0 Å². The van der Waals surface area contributed by atoms with Gasteiger partial charge in [0.25, 0.3) is 0 Å². The van der Waals surface area contributed by atoms with Crippen molar-refractivity contribution in [2.24, 2.45) is 0 Å². The second kappa shape index (κ2) is 31.0. The van der Waals surface area contributed by atoms with Gasteiger partial charge in [0.1, 0.15) is 0 Å². The molecule has 0 aliphatic carbocycles. The van der Waals surface area contributed by atoms with Gasteiger partial charge < -0.3 is 5.32 Å². The minimum atomic E-state index is 1.16. The Morgan fingerprint density at radius 1 is 1.08 bits per heavy atom. The number of unbranched alkanes of at least 4 members (excludes halogenated alkanes) is 1. The smallest absolute Gasteiger partial charge is 0.00520 e. The molecule has 0 aromatic rings. The van der Waals surface area contributed by atoms with E-state index in [-0.39, 0.29) is 0 Å². The first kappa shape index (κ1) is 17.7. The van der Waals surface area contributed by atoms with E-state index in [1.54, 1.807) is 0 Å². The molecular formula is C11H27N. The highest BCUT2D eigenvalue weighted by Gasteiger charge is 1.73. The third kappa shape index (κ3) is 53.6. The minimum Gasteiger partial charge on any atom is -0.320 e. The van der Waals surface area contributed by atoms with E-state index in [0.717, 1.165) is 6.54 Å².